The van der Waals surface area contributed by atoms with Crippen molar-refractivity contribution in [3.05, 3.63) is 39.4 Å². The van der Waals surface area contributed by atoms with E-state index in [2.05, 4.69) is 10.6 Å². The molecule has 0 unspecified atom stereocenters. The van der Waals surface area contributed by atoms with Crippen molar-refractivity contribution in [3.63, 3.8) is 0 Å². The smallest absolute Gasteiger partial charge is 0.273 e. The molecule has 5 N–H and O–H groups in total. The highest BCUT2D eigenvalue weighted by Gasteiger charge is 2.40. The van der Waals surface area contributed by atoms with Crippen molar-refractivity contribution in [3.8, 4) is 0 Å². The Morgan fingerprint density at radius 3 is 2.57 bits per heavy atom. The molecular weight excluding hydrogens is 306 g/mol. The average Bonchev–Trinajstić information content (AvgIpc) is 2.80. The molecule has 1 amide bonds. The van der Waals surface area contributed by atoms with Gasteiger partial charge in [-0.05, 0) is 13.0 Å². The van der Waals surface area contributed by atoms with Crippen LogP contribution in [-0.2, 0) is 0 Å². The summed E-state index contributed by atoms with van der Waals surface area (Å²) in [6, 6.07) is 2.93. The number of benzene rings is 1. The normalized spacial score (nSPS) is 27.0. The second kappa shape index (κ2) is 7.01. The molecule has 0 aromatic heterocycles. The van der Waals surface area contributed by atoms with E-state index in [9.17, 15) is 25.1 Å². The predicted octanol–water partition coefficient (Wildman–Crippen LogP) is -1.31. The Morgan fingerprint density at radius 1 is 1.35 bits per heavy atom. The minimum absolute atomic E-state index is 0.00961. The molecule has 9 heteroatoms. The molecule has 1 aliphatic heterocycles. The number of nitro groups is 1. The molecule has 1 aliphatic rings. The Balaban J connectivity index is 2.04. The lowest BCUT2D eigenvalue weighted by molar-refractivity contribution is -0.385. The molecule has 126 valence electrons. The van der Waals surface area contributed by atoms with Gasteiger partial charge in [-0.3, -0.25) is 14.9 Å². The Morgan fingerprint density at radius 2 is 2.00 bits per heavy atom. The third kappa shape index (κ3) is 3.48. The fourth-order valence-electron chi connectivity index (χ4n) is 2.65. The zero-order valence-electron chi connectivity index (χ0n) is 12.5. The molecule has 1 fully saturated rings. The number of rotatable bonds is 5. The van der Waals surface area contributed by atoms with Crippen molar-refractivity contribution < 1.29 is 25.0 Å². The number of carbonyl (C=O) groups is 1. The quantitative estimate of drug-likeness (QED) is 0.334. The largest absolute Gasteiger partial charge is 0.395 e. The van der Waals surface area contributed by atoms with E-state index in [0.717, 1.165) is 0 Å². The third-order valence-corrected chi connectivity index (χ3v) is 4.03. The molecular formula is C14H19N3O6. The van der Waals surface area contributed by atoms with Crippen LogP contribution in [-0.4, -0.2) is 63.6 Å². The number of nitrogens with one attached hydrogen (secondary N) is 2. The van der Waals surface area contributed by atoms with E-state index in [-0.39, 0.29) is 30.0 Å². The van der Waals surface area contributed by atoms with Gasteiger partial charge in [0.05, 0.1) is 35.8 Å². The predicted molar refractivity (Wildman–Crippen MR) is 80.0 cm³/mol. The fourth-order valence-corrected chi connectivity index (χ4v) is 2.65. The lowest BCUT2D eigenvalue weighted by Crippen LogP contribution is -2.44. The van der Waals surface area contributed by atoms with Gasteiger partial charge in [0.2, 0.25) is 0 Å². The number of carbonyl (C=O) groups excluding carboxylic acids is 1. The monoisotopic (exact) mass is 325 g/mol. The number of amides is 1. The summed E-state index contributed by atoms with van der Waals surface area (Å²) >= 11 is 0. The molecule has 4 atom stereocenters. The lowest BCUT2D eigenvalue weighted by Gasteiger charge is -2.17. The Hall–Kier alpha value is -2.07. The van der Waals surface area contributed by atoms with Crippen LogP contribution in [0, 0.1) is 17.0 Å². The van der Waals surface area contributed by atoms with Crippen LogP contribution in [0.5, 0.6) is 0 Å². The van der Waals surface area contributed by atoms with Crippen molar-refractivity contribution in [1.82, 2.24) is 10.6 Å². The Labute approximate surface area is 132 Å². The summed E-state index contributed by atoms with van der Waals surface area (Å²) in [7, 11) is 0. The molecule has 2 rings (SSSR count). The highest BCUT2D eigenvalue weighted by atomic mass is 16.6. The van der Waals surface area contributed by atoms with E-state index < -0.39 is 35.1 Å². The van der Waals surface area contributed by atoms with Crippen LogP contribution < -0.4 is 10.6 Å². The minimum atomic E-state index is -1.13. The van der Waals surface area contributed by atoms with Crippen molar-refractivity contribution >= 4 is 11.6 Å². The summed E-state index contributed by atoms with van der Waals surface area (Å²) in [4.78, 5) is 22.5. The van der Waals surface area contributed by atoms with Gasteiger partial charge < -0.3 is 26.0 Å². The van der Waals surface area contributed by atoms with E-state index in [1.165, 1.54) is 25.1 Å². The first kappa shape index (κ1) is 17.3. The zero-order chi connectivity index (χ0) is 17.1. The molecule has 0 bridgehead atoms. The first-order chi connectivity index (χ1) is 10.9. The van der Waals surface area contributed by atoms with Gasteiger partial charge in [-0.15, -0.1) is 0 Å². The molecule has 0 radical (unpaired) electrons. The minimum Gasteiger partial charge on any atom is -0.395 e. The van der Waals surface area contributed by atoms with Crippen LogP contribution >= 0.6 is 0 Å². The molecule has 0 aliphatic carbocycles. The molecule has 0 spiro atoms. The molecule has 0 saturated carbocycles. The van der Waals surface area contributed by atoms with Gasteiger partial charge in [0, 0.05) is 23.7 Å². The van der Waals surface area contributed by atoms with Gasteiger partial charge in [0.25, 0.3) is 11.6 Å². The van der Waals surface area contributed by atoms with Crippen molar-refractivity contribution in [2.24, 2.45) is 0 Å². The maximum absolute atomic E-state index is 12.2. The zero-order valence-corrected chi connectivity index (χ0v) is 12.5. The number of aliphatic hydroxyl groups excluding tert-OH is 3. The third-order valence-electron chi connectivity index (χ3n) is 4.03. The first-order valence-electron chi connectivity index (χ1n) is 7.12. The van der Waals surface area contributed by atoms with Gasteiger partial charge in [0.1, 0.15) is 0 Å². The summed E-state index contributed by atoms with van der Waals surface area (Å²) in [6.07, 6.45) is -2.25. The SMILES string of the molecule is Cc1c(C(=O)NC[C@H]2N[C@H](CO)[C@@H](O)[C@@H]2O)cccc1[N+](=O)[O-]. The maximum Gasteiger partial charge on any atom is 0.273 e. The average molecular weight is 325 g/mol. The van der Waals surface area contributed by atoms with E-state index in [1.54, 1.807) is 0 Å². The highest BCUT2D eigenvalue weighted by Crippen LogP contribution is 2.21. The van der Waals surface area contributed by atoms with Crippen molar-refractivity contribution in [2.75, 3.05) is 13.2 Å². The highest BCUT2D eigenvalue weighted by molar-refractivity contribution is 5.96. The maximum atomic E-state index is 12.2. The number of nitrogens with zero attached hydrogens (tertiary/aromatic N) is 1. The summed E-state index contributed by atoms with van der Waals surface area (Å²) < 4.78 is 0. The van der Waals surface area contributed by atoms with Crippen LogP contribution in [0.1, 0.15) is 15.9 Å². The molecule has 9 nitrogen and oxygen atoms in total. The van der Waals surface area contributed by atoms with E-state index in [4.69, 9.17) is 5.11 Å². The van der Waals surface area contributed by atoms with Gasteiger partial charge in [-0.2, -0.15) is 0 Å². The fraction of sp³-hybridized carbons (Fsp3) is 0.500. The molecule has 1 saturated heterocycles. The van der Waals surface area contributed by atoms with Gasteiger partial charge >= 0.3 is 0 Å². The standard InChI is InChI=1S/C14H19N3O6/c1-7-8(3-2-4-11(7)17(22)23)14(21)15-5-9-12(19)13(20)10(6-18)16-9/h2-4,9-10,12-13,16,18-20H,5-6H2,1H3,(H,15,21)/t9-,10-,12-,13-/m1/s1. The Kier molecular flexibility index (Phi) is 5.26. The lowest BCUT2D eigenvalue weighted by atomic mass is 10.1. The Bertz CT molecular complexity index is 608. The topological polar surface area (TPSA) is 145 Å². The van der Waals surface area contributed by atoms with E-state index >= 15 is 0 Å². The number of nitro benzene ring substituents is 1. The van der Waals surface area contributed by atoms with Gasteiger partial charge in [0.15, 0.2) is 0 Å². The number of hydrogen-bond acceptors (Lipinski definition) is 7. The van der Waals surface area contributed by atoms with Gasteiger partial charge in [-0.1, -0.05) is 6.07 Å². The molecule has 1 aromatic rings. The number of aliphatic hydroxyl groups is 3. The molecule has 1 heterocycles. The van der Waals surface area contributed by atoms with Crippen LogP contribution in [0.25, 0.3) is 0 Å². The number of hydrogen-bond donors (Lipinski definition) is 5. The second-order valence-electron chi connectivity index (χ2n) is 5.46. The summed E-state index contributed by atoms with van der Waals surface area (Å²) in [5, 5.41) is 44.9. The van der Waals surface area contributed by atoms with Gasteiger partial charge in [-0.25, -0.2) is 0 Å². The summed E-state index contributed by atoms with van der Waals surface area (Å²) in [5.74, 6) is -0.512. The first-order valence-corrected chi connectivity index (χ1v) is 7.12. The van der Waals surface area contributed by atoms with E-state index in [0.29, 0.717) is 0 Å². The second-order valence-corrected chi connectivity index (χ2v) is 5.46. The van der Waals surface area contributed by atoms with Crippen LogP contribution in [0.3, 0.4) is 0 Å². The van der Waals surface area contributed by atoms with Crippen LogP contribution in [0.15, 0.2) is 18.2 Å². The summed E-state index contributed by atoms with van der Waals surface area (Å²) in [5.41, 5.74) is 0.279. The van der Waals surface area contributed by atoms with Crippen LogP contribution in [0.4, 0.5) is 5.69 Å². The van der Waals surface area contributed by atoms with Crippen molar-refractivity contribution in [1.29, 1.82) is 0 Å². The van der Waals surface area contributed by atoms with E-state index in [1.807, 2.05) is 0 Å². The van der Waals surface area contributed by atoms with Crippen LogP contribution in [0.2, 0.25) is 0 Å². The molecule has 1 aromatic carbocycles. The summed E-state index contributed by atoms with van der Waals surface area (Å²) in [6.45, 7) is 1.16. The molecule has 23 heavy (non-hydrogen) atoms. The van der Waals surface area contributed by atoms with Crippen molar-refractivity contribution in [2.45, 2.75) is 31.2 Å².